The van der Waals surface area contributed by atoms with Crippen LogP contribution in [0.5, 0.6) is 0 Å². The van der Waals surface area contributed by atoms with Crippen LogP contribution in [0.3, 0.4) is 0 Å². The fraction of sp³-hybridized carbons (Fsp3) is 0.600. The van der Waals surface area contributed by atoms with E-state index in [1.54, 1.807) is 18.2 Å². The Morgan fingerprint density at radius 1 is 1.29 bits per heavy atom. The molecule has 1 saturated carbocycles. The van der Waals surface area contributed by atoms with E-state index in [1.165, 1.54) is 0 Å². The van der Waals surface area contributed by atoms with Gasteiger partial charge in [0, 0.05) is 18.6 Å². The number of sulfonamides is 1. The van der Waals surface area contributed by atoms with Crippen LogP contribution in [0, 0.1) is 5.92 Å². The van der Waals surface area contributed by atoms with Gasteiger partial charge in [-0.1, -0.05) is 18.6 Å². The number of nitrogens with one attached hydrogen (secondary N) is 2. The van der Waals surface area contributed by atoms with Crippen molar-refractivity contribution in [2.75, 3.05) is 11.9 Å². The molecule has 0 aromatic heterocycles. The van der Waals surface area contributed by atoms with E-state index in [0.29, 0.717) is 16.5 Å². The van der Waals surface area contributed by atoms with Crippen molar-refractivity contribution >= 4 is 15.7 Å². The zero-order valence-electron chi connectivity index (χ0n) is 12.7. The molecule has 1 aliphatic rings. The molecule has 21 heavy (non-hydrogen) atoms. The standard InChI is InChI=1S/C15H25N3O2S/c1-11(2)18-21(19,20)15-9-4-3-8-14(15)17-10-12-6-5-7-13(12)16/h3-4,8-9,11-13,17-18H,5-7,10,16H2,1-2H3. The summed E-state index contributed by atoms with van der Waals surface area (Å²) in [6.45, 7) is 4.34. The fourth-order valence-electron chi connectivity index (χ4n) is 2.78. The summed E-state index contributed by atoms with van der Waals surface area (Å²) in [5.41, 5.74) is 6.71. The molecule has 1 aliphatic carbocycles. The van der Waals surface area contributed by atoms with Crippen molar-refractivity contribution in [3.8, 4) is 0 Å². The Hall–Kier alpha value is -1.11. The van der Waals surface area contributed by atoms with Crippen molar-refractivity contribution in [2.45, 2.75) is 50.1 Å². The zero-order chi connectivity index (χ0) is 15.5. The van der Waals surface area contributed by atoms with Crippen molar-refractivity contribution < 1.29 is 8.42 Å². The molecule has 4 N–H and O–H groups in total. The molecule has 0 radical (unpaired) electrons. The lowest BCUT2D eigenvalue weighted by molar-refractivity contribution is 0.504. The van der Waals surface area contributed by atoms with Gasteiger partial charge in [-0.2, -0.15) is 0 Å². The molecule has 0 saturated heterocycles. The summed E-state index contributed by atoms with van der Waals surface area (Å²) in [4.78, 5) is 0.297. The van der Waals surface area contributed by atoms with E-state index in [1.807, 2.05) is 19.9 Å². The molecule has 0 aliphatic heterocycles. The Kier molecular flexibility index (Phi) is 5.24. The lowest BCUT2D eigenvalue weighted by Gasteiger charge is -2.19. The van der Waals surface area contributed by atoms with Crippen LogP contribution in [-0.4, -0.2) is 27.0 Å². The monoisotopic (exact) mass is 311 g/mol. The van der Waals surface area contributed by atoms with Gasteiger partial charge < -0.3 is 11.1 Å². The van der Waals surface area contributed by atoms with Crippen LogP contribution in [0.4, 0.5) is 5.69 Å². The average Bonchev–Trinajstić information content (AvgIpc) is 2.81. The minimum absolute atomic E-state index is 0.133. The Morgan fingerprint density at radius 3 is 2.62 bits per heavy atom. The van der Waals surface area contributed by atoms with Crippen LogP contribution < -0.4 is 15.8 Å². The summed E-state index contributed by atoms with van der Waals surface area (Å²) in [6, 6.07) is 7.09. The summed E-state index contributed by atoms with van der Waals surface area (Å²) in [5, 5.41) is 3.27. The molecule has 2 unspecified atom stereocenters. The van der Waals surface area contributed by atoms with Crippen molar-refractivity contribution in [3.63, 3.8) is 0 Å². The minimum Gasteiger partial charge on any atom is -0.384 e. The SMILES string of the molecule is CC(C)NS(=O)(=O)c1ccccc1NCC1CCCC1N. The van der Waals surface area contributed by atoms with Gasteiger partial charge in [0.2, 0.25) is 10.0 Å². The smallest absolute Gasteiger partial charge is 0.242 e. The van der Waals surface area contributed by atoms with Crippen LogP contribution >= 0.6 is 0 Å². The molecule has 0 bridgehead atoms. The summed E-state index contributed by atoms with van der Waals surface area (Å²) in [7, 11) is -3.49. The first-order valence-electron chi connectivity index (χ1n) is 7.51. The number of rotatable bonds is 6. The number of anilines is 1. The number of hydrogen-bond donors (Lipinski definition) is 3. The topological polar surface area (TPSA) is 84.2 Å². The van der Waals surface area contributed by atoms with Crippen molar-refractivity contribution in [1.82, 2.24) is 4.72 Å². The lowest BCUT2D eigenvalue weighted by atomic mass is 10.0. The van der Waals surface area contributed by atoms with Gasteiger partial charge in [0.05, 0.1) is 5.69 Å². The third-order valence-corrected chi connectivity index (χ3v) is 5.56. The predicted octanol–water partition coefficient (Wildman–Crippen LogP) is 1.91. The van der Waals surface area contributed by atoms with E-state index >= 15 is 0 Å². The van der Waals surface area contributed by atoms with E-state index in [4.69, 9.17) is 5.73 Å². The molecule has 118 valence electrons. The first-order valence-corrected chi connectivity index (χ1v) is 8.99. The lowest BCUT2D eigenvalue weighted by Crippen LogP contribution is -2.32. The maximum absolute atomic E-state index is 12.3. The summed E-state index contributed by atoms with van der Waals surface area (Å²) in [5.74, 6) is 0.416. The van der Waals surface area contributed by atoms with Crippen LogP contribution in [0.1, 0.15) is 33.1 Å². The average molecular weight is 311 g/mol. The predicted molar refractivity (Wildman–Crippen MR) is 85.7 cm³/mol. The van der Waals surface area contributed by atoms with Gasteiger partial charge in [-0.25, -0.2) is 13.1 Å². The summed E-state index contributed by atoms with van der Waals surface area (Å²) >= 11 is 0. The molecule has 0 heterocycles. The van der Waals surface area contributed by atoms with Crippen LogP contribution in [0.25, 0.3) is 0 Å². The second-order valence-electron chi connectivity index (χ2n) is 6.01. The van der Waals surface area contributed by atoms with E-state index in [0.717, 1.165) is 25.8 Å². The van der Waals surface area contributed by atoms with Gasteiger partial charge in [-0.3, -0.25) is 0 Å². The van der Waals surface area contributed by atoms with Crippen molar-refractivity contribution in [3.05, 3.63) is 24.3 Å². The molecule has 1 aromatic carbocycles. The molecule has 0 amide bonds. The highest BCUT2D eigenvalue weighted by molar-refractivity contribution is 7.89. The van der Waals surface area contributed by atoms with E-state index in [9.17, 15) is 8.42 Å². The molecule has 1 fully saturated rings. The Bertz CT molecular complexity index is 572. The first-order chi connectivity index (χ1) is 9.90. The quantitative estimate of drug-likeness (QED) is 0.749. The van der Waals surface area contributed by atoms with Crippen LogP contribution in [0.15, 0.2) is 29.2 Å². The maximum atomic E-state index is 12.3. The molecule has 0 spiro atoms. The molecule has 2 atom stereocenters. The first kappa shape index (κ1) is 16.3. The highest BCUT2D eigenvalue weighted by Crippen LogP contribution is 2.26. The zero-order valence-corrected chi connectivity index (χ0v) is 13.5. The number of para-hydroxylation sites is 1. The van der Waals surface area contributed by atoms with Gasteiger partial charge in [-0.15, -0.1) is 0 Å². The van der Waals surface area contributed by atoms with Gasteiger partial charge in [0.25, 0.3) is 0 Å². The molecule has 2 rings (SSSR count). The van der Waals surface area contributed by atoms with Gasteiger partial charge in [0.1, 0.15) is 4.90 Å². The summed E-state index contributed by atoms with van der Waals surface area (Å²) < 4.78 is 27.3. The maximum Gasteiger partial charge on any atom is 0.242 e. The number of benzene rings is 1. The number of hydrogen-bond acceptors (Lipinski definition) is 4. The van der Waals surface area contributed by atoms with E-state index < -0.39 is 10.0 Å². The molecular weight excluding hydrogens is 286 g/mol. The summed E-state index contributed by atoms with van der Waals surface area (Å²) in [6.07, 6.45) is 3.32. The van der Waals surface area contributed by atoms with E-state index in [2.05, 4.69) is 10.0 Å². The third-order valence-electron chi connectivity index (χ3n) is 3.84. The Balaban J connectivity index is 2.13. The van der Waals surface area contributed by atoms with Crippen molar-refractivity contribution in [1.29, 1.82) is 0 Å². The highest BCUT2D eigenvalue weighted by Gasteiger charge is 2.25. The largest absolute Gasteiger partial charge is 0.384 e. The molecule has 5 nitrogen and oxygen atoms in total. The Labute approximate surface area is 127 Å². The molecule has 6 heteroatoms. The van der Waals surface area contributed by atoms with Crippen molar-refractivity contribution in [2.24, 2.45) is 11.7 Å². The normalized spacial score (nSPS) is 22.7. The third kappa shape index (κ3) is 4.18. The van der Waals surface area contributed by atoms with Gasteiger partial charge in [-0.05, 0) is 44.7 Å². The van der Waals surface area contributed by atoms with Crippen LogP contribution in [-0.2, 0) is 10.0 Å². The fourth-order valence-corrected chi connectivity index (χ4v) is 4.22. The molecular formula is C15H25N3O2S. The highest BCUT2D eigenvalue weighted by atomic mass is 32.2. The molecule has 1 aromatic rings. The Morgan fingerprint density at radius 2 is 2.00 bits per heavy atom. The van der Waals surface area contributed by atoms with Gasteiger partial charge in [0.15, 0.2) is 0 Å². The van der Waals surface area contributed by atoms with E-state index in [-0.39, 0.29) is 12.1 Å². The second-order valence-corrected chi connectivity index (χ2v) is 7.69. The van der Waals surface area contributed by atoms with Gasteiger partial charge >= 0.3 is 0 Å². The van der Waals surface area contributed by atoms with Crippen LogP contribution in [0.2, 0.25) is 0 Å². The number of nitrogens with two attached hydrogens (primary N) is 1. The second kappa shape index (κ2) is 6.77. The minimum atomic E-state index is -3.49.